The zero-order valence-corrected chi connectivity index (χ0v) is 81.9. The molecule has 637 valence electrons. The Balaban J connectivity index is 0.000000282. The molecule has 7 aromatic carbocycles. The summed E-state index contributed by atoms with van der Waals surface area (Å²) in [6.07, 6.45) is 8.99. The van der Waals surface area contributed by atoms with Crippen LogP contribution in [-0.4, -0.2) is 47.6 Å². The van der Waals surface area contributed by atoms with Gasteiger partial charge in [0.1, 0.15) is 17.3 Å². The molecule has 12 nitrogen and oxygen atoms in total. The number of allylic oxidation sites excluding steroid dienone is 6. The van der Waals surface area contributed by atoms with Gasteiger partial charge in [-0.1, -0.05) is 223 Å². The summed E-state index contributed by atoms with van der Waals surface area (Å²) >= 11 is 0. The van der Waals surface area contributed by atoms with E-state index in [2.05, 4.69) is 326 Å². The van der Waals surface area contributed by atoms with Crippen LogP contribution in [0.1, 0.15) is 225 Å². The van der Waals surface area contributed by atoms with Crippen molar-refractivity contribution in [3.63, 3.8) is 0 Å². The summed E-state index contributed by atoms with van der Waals surface area (Å²) in [6.45, 7) is 54.9. The number of nitrogens with zero attached hydrogens (tertiary/aromatic N) is 3. The van der Waals surface area contributed by atoms with E-state index in [1.807, 2.05) is 18.6 Å². The molecule has 0 aliphatic carbocycles. The minimum Gasteiger partial charge on any atom is -0.512 e. The van der Waals surface area contributed by atoms with E-state index in [1.165, 1.54) is 115 Å². The number of benzene rings is 7. The molecule has 0 aliphatic heterocycles. The third-order valence-electron chi connectivity index (χ3n) is 19.5. The predicted molar refractivity (Wildman–Crippen MR) is 484 cm³/mol. The second-order valence-electron chi connectivity index (χ2n) is 35.4. The quantitative estimate of drug-likeness (QED) is 0.0597. The van der Waals surface area contributed by atoms with Crippen LogP contribution in [0.5, 0.6) is 0 Å². The monoisotopic (exact) mass is 2140 g/mol. The van der Waals surface area contributed by atoms with Crippen molar-refractivity contribution < 1.29 is 103 Å². The van der Waals surface area contributed by atoms with Crippen LogP contribution in [0.15, 0.2) is 225 Å². The second-order valence-corrected chi connectivity index (χ2v) is 35.4. The van der Waals surface area contributed by atoms with Crippen molar-refractivity contribution in [2.45, 2.75) is 220 Å². The molecule has 3 radical (unpaired) electrons. The van der Waals surface area contributed by atoms with Crippen molar-refractivity contribution in [3.8, 4) is 78.9 Å². The molecule has 13 rings (SSSR count). The number of aromatic nitrogens is 3. The molecule has 0 saturated carbocycles. The number of carbonyl (C=O) groups excluding carboxylic acids is 3. The van der Waals surface area contributed by atoms with Gasteiger partial charge in [-0.05, 0) is 175 Å². The summed E-state index contributed by atoms with van der Waals surface area (Å²) in [5.41, 5.74) is 28.3. The number of carbonyl (C=O) groups is 3. The molecule has 3 N–H and O–H groups in total. The summed E-state index contributed by atoms with van der Waals surface area (Å²) in [5.74, 6) is 3.37. The number of ketones is 3. The molecular weight excluding hydrogens is 2020 g/mol. The summed E-state index contributed by atoms with van der Waals surface area (Å²) in [4.78, 5) is 44.1. The van der Waals surface area contributed by atoms with Gasteiger partial charge in [-0.3, -0.25) is 14.4 Å². The van der Waals surface area contributed by atoms with Crippen molar-refractivity contribution in [3.05, 3.63) is 291 Å². The first-order valence-electron chi connectivity index (χ1n) is 40.0. The third kappa shape index (κ3) is 29.0. The number of hydrogen-bond donors (Lipinski definition) is 3. The molecular formula is C105H118Ir3N3O9-3. The molecule has 0 amide bonds. The van der Waals surface area contributed by atoms with Crippen LogP contribution >= 0.6 is 0 Å². The van der Waals surface area contributed by atoms with E-state index in [4.69, 9.17) is 38.5 Å². The number of aryl methyl sites for hydroxylation is 5. The minimum absolute atomic E-state index is 0. The van der Waals surface area contributed by atoms with Gasteiger partial charge in [-0.2, -0.15) is 0 Å². The molecule has 0 spiro atoms. The standard InChI is InChI=1S/C32H30NO.C30H34NO.C28H30NO.3C5H8O2.3Ir/c1-20-14-25(16-27(15-20)32(4,5)6)28-17-26-18-29(34-30(26)19-33-28)23-10-12-24(13-11-23)31-21(2)8-7-9-22(31)3;1-18(2)21-11-22(19(3)4)13-24(12-21)28-16-25-15-27(31-17-29(25)32-28)23-9-20(5)10-26(14-23)30(6,7)8;1-18-12-20(14-23(13-18)28(5,6)7)24-15-21-16-25(30-26(21)17-29-24)19-8-10-22(11-9-19)27(2,3)4;3*1-4(6)3-5(2)7;;;/h7-13,15-19H,1-6H3;10-19H,1-8H3;8-11,13-17H,1-7H3;3*3,6H,1-2H3;;;/q3*-1;;;;;;. The molecule has 6 aromatic heterocycles. The smallest absolute Gasteiger partial charge is 0.155 e. The molecule has 0 fully saturated rings. The molecule has 0 aliphatic rings. The van der Waals surface area contributed by atoms with Crippen LogP contribution in [0, 0.1) is 52.8 Å². The van der Waals surface area contributed by atoms with Crippen LogP contribution in [-0.2, 0) is 96.4 Å². The fourth-order valence-electron chi connectivity index (χ4n) is 13.1. The van der Waals surface area contributed by atoms with Crippen molar-refractivity contribution in [2.24, 2.45) is 0 Å². The van der Waals surface area contributed by atoms with Gasteiger partial charge in [0, 0.05) is 111 Å². The summed E-state index contributed by atoms with van der Waals surface area (Å²) in [7, 11) is 0. The minimum atomic E-state index is -0.125. The maximum atomic E-state index is 10.0. The van der Waals surface area contributed by atoms with Gasteiger partial charge in [0.15, 0.2) is 34.1 Å². The Bertz CT molecular complexity index is 5670. The van der Waals surface area contributed by atoms with Crippen LogP contribution in [0.2, 0.25) is 0 Å². The van der Waals surface area contributed by atoms with Gasteiger partial charge < -0.3 is 43.5 Å². The number of hydrogen-bond acceptors (Lipinski definition) is 12. The van der Waals surface area contributed by atoms with Gasteiger partial charge in [0.05, 0.1) is 35.9 Å². The Morgan fingerprint density at radius 1 is 0.350 bits per heavy atom. The van der Waals surface area contributed by atoms with Gasteiger partial charge in [0.25, 0.3) is 0 Å². The Kier molecular flexibility index (Phi) is 36.2. The maximum Gasteiger partial charge on any atom is 0.155 e. The van der Waals surface area contributed by atoms with Crippen molar-refractivity contribution in [1.29, 1.82) is 0 Å². The average molecular weight is 2140 g/mol. The van der Waals surface area contributed by atoms with E-state index >= 15 is 0 Å². The molecule has 15 heteroatoms. The summed E-state index contributed by atoms with van der Waals surface area (Å²) in [6, 6.07) is 66.9. The van der Waals surface area contributed by atoms with Crippen molar-refractivity contribution in [2.75, 3.05) is 0 Å². The van der Waals surface area contributed by atoms with E-state index in [0.717, 1.165) is 117 Å². The van der Waals surface area contributed by atoms with Crippen LogP contribution in [0.3, 0.4) is 0 Å². The number of aliphatic hydroxyl groups excluding tert-OH is 3. The molecule has 0 atom stereocenters. The molecule has 13 aromatic rings. The third-order valence-corrected chi connectivity index (χ3v) is 19.5. The predicted octanol–water partition coefficient (Wildman–Crippen LogP) is 28.6. The Hall–Kier alpha value is -9.81. The number of pyridine rings is 3. The van der Waals surface area contributed by atoms with E-state index in [1.54, 1.807) is 0 Å². The fourth-order valence-corrected chi connectivity index (χ4v) is 13.1. The molecule has 0 saturated heterocycles. The first-order chi connectivity index (χ1) is 54.6. The van der Waals surface area contributed by atoms with E-state index in [0.29, 0.717) is 11.8 Å². The van der Waals surface area contributed by atoms with Crippen LogP contribution in [0.4, 0.5) is 0 Å². The zero-order chi connectivity index (χ0) is 86.5. The molecule has 0 unspecified atom stereocenters. The second kappa shape index (κ2) is 43.1. The largest absolute Gasteiger partial charge is 0.512 e. The van der Waals surface area contributed by atoms with E-state index in [9.17, 15) is 14.4 Å². The topological polar surface area (TPSA) is 190 Å². The maximum absolute atomic E-state index is 10.0. The SMILES string of the molecule is CC(=O)C=C(C)O.CC(=O)C=C(C)O.CC(=O)C=C(C)O.Cc1[c-]c(-c2cc3cc(-c4cc(C(C)C)cc(C(C)C)c4)oc3cn2)cc(C(C)(C)C)c1.Cc1[c-]c(-c2cc3cc(-c4ccc(-c5c(C)cccc5C)cc4)oc3cn2)cc(C(C)(C)C)c1.Cc1[c-]c(-c2cc3cc(-c4ccc(C(C)(C)C)cc4)oc3cn2)cc(C(C)(C)C)c1.[Ir].[Ir].[Ir]. The van der Waals surface area contributed by atoms with E-state index < -0.39 is 0 Å². The van der Waals surface area contributed by atoms with Crippen molar-refractivity contribution in [1.82, 2.24) is 15.0 Å². The fraction of sp³-hybridized carbons (Fsp3) is 0.314. The van der Waals surface area contributed by atoms with Crippen LogP contribution < -0.4 is 0 Å². The Morgan fingerprint density at radius 2 is 0.625 bits per heavy atom. The summed E-state index contributed by atoms with van der Waals surface area (Å²) < 4.78 is 18.5. The van der Waals surface area contributed by atoms with Gasteiger partial charge in [-0.25, -0.2) is 0 Å². The van der Waals surface area contributed by atoms with Gasteiger partial charge in [-0.15, -0.1) is 105 Å². The number of furan rings is 3. The molecule has 120 heavy (non-hydrogen) atoms. The van der Waals surface area contributed by atoms with Gasteiger partial charge in [0.2, 0.25) is 0 Å². The normalized spacial score (nSPS) is 11.8. The first kappa shape index (κ1) is 101. The van der Waals surface area contributed by atoms with E-state index in [-0.39, 0.29) is 117 Å². The Labute approximate surface area is 753 Å². The zero-order valence-electron chi connectivity index (χ0n) is 74.8. The van der Waals surface area contributed by atoms with Crippen molar-refractivity contribution >= 4 is 50.3 Å². The number of fused-ring (bicyclic) bond motifs is 3. The number of rotatable bonds is 12. The Morgan fingerprint density at radius 3 is 0.883 bits per heavy atom. The summed E-state index contributed by atoms with van der Waals surface area (Å²) in [5, 5.41) is 28.3. The first-order valence-corrected chi connectivity index (χ1v) is 40.0. The molecule has 6 heterocycles. The molecule has 0 bridgehead atoms. The number of aliphatic hydroxyl groups is 3. The average Bonchev–Trinajstić information content (AvgIpc) is 1.64. The van der Waals surface area contributed by atoms with Crippen LogP contribution in [0.25, 0.3) is 112 Å². The van der Waals surface area contributed by atoms with Gasteiger partial charge >= 0.3 is 0 Å².